The van der Waals surface area contributed by atoms with Gasteiger partial charge in [-0.25, -0.2) is 0 Å². The molecule has 2 aromatic heterocycles. The Hall–Kier alpha value is -7.36. The van der Waals surface area contributed by atoms with E-state index in [1.54, 1.807) is 0 Å². The fourth-order valence-electron chi connectivity index (χ4n) is 8.15. The molecule has 258 valence electrons. The molecule has 0 atom stereocenters. The van der Waals surface area contributed by atoms with Gasteiger partial charge >= 0.3 is 0 Å². The molecular formula is C52H33NO2. The maximum absolute atomic E-state index is 6.66. The van der Waals surface area contributed by atoms with Gasteiger partial charge < -0.3 is 13.7 Å². The Balaban J connectivity index is 1.03. The third-order valence-corrected chi connectivity index (χ3v) is 10.9. The zero-order chi connectivity index (χ0) is 36.3. The largest absolute Gasteiger partial charge is 0.456 e. The summed E-state index contributed by atoms with van der Waals surface area (Å²) in [6.07, 6.45) is 0. The summed E-state index contributed by atoms with van der Waals surface area (Å²) in [6.45, 7) is 0. The van der Waals surface area contributed by atoms with Gasteiger partial charge in [0.15, 0.2) is 5.58 Å². The highest BCUT2D eigenvalue weighted by Crippen LogP contribution is 2.46. The second kappa shape index (κ2) is 12.6. The Morgan fingerprint density at radius 1 is 0.309 bits per heavy atom. The van der Waals surface area contributed by atoms with Crippen LogP contribution in [0.3, 0.4) is 0 Å². The highest BCUT2D eigenvalue weighted by molar-refractivity contribution is 6.11. The number of rotatable bonds is 6. The van der Waals surface area contributed by atoms with Crippen LogP contribution in [0, 0.1) is 0 Å². The van der Waals surface area contributed by atoms with Crippen LogP contribution in [0.15, 0.2) is 209 Å². The van der Waals surface area contributed by atoms with Crippen LogP contribution in [0.25, 0.3) is 88.0 Å². The SMILES string of the molecule is c1ccc(N(c2ccc(-c3ccc(-c4ccc5ccccc5c4)cc3)cc2)c2cccc3c2oc2ccccc23)c(-c2ccc3oc4ccccc4c3c2)c1. The first-order valence-corrected chi connectivity index (χ1v) is 18.7. The molecule has 2 heterocycles. The molecule has 55 heavy (non-hydrogen) atoms. The smallest absolute Gasteiger partial charge is 0.159 e. The maximum Gasteiger partial charge on any atom is 0.159 e. The van der Waals surface area contributed by atoms with Crippen molar-refractivity contribution < 1.29 is 8.83 Å². The Bertz CT molecular complexity index is 3200. The molecule has 0 unspecified atom stereocenters. The Kier molecular flexibility index (Phi) is 7.17. The molecule has 0 saturated heterocycles. The molecule has 11 rings (SSSR count). The summed E-state index contributed by atoms with van der Waals surface area (Å²) in [6, 6.07) is 71.0. The first-order chi connectivity index (χ1) is 27.2. The summed E-state index contributed by atoms with van der Waals surface area (Å²) in [4.78, 5) is 2.34. The Morgan fingerprint density at radius 3 is 1.65 bits per heavy atom. The number of benzene rings is 9. The van der Waals surface area contributed by atoms with Crippen LogP contribution in [-0.2, 0) is 0 Å². The van der Waals surface area contributed by atoms with Crippen LogP contribution in [0.1, 0.15) is 0 Å². The highest BCUT2D eigenvalue weighted by atomic mass is 16.3. The van der Waals surface area contributed by atoms with Gasteiger partial charge in [0.2, 0.25) is 0 Å². The van der Waals surface area contributed by atoms with Crippen LogP contribution in [0.4, 0.5) is 17.1 Å². The van der Waals surface area contributed by atoms with Crippen molar-refractivity contribution in [2.24, 2.45) is 0 Å². The van der Waals surface area contributed by atoms with Crippen molar-refractivity contribution in [3.05, 3.63) is 200 Å². The van der Waals surface area contributed by atoms with E-state index in [1.807, 2.05) is 24.3 Å². The van der Waals surface area contributed by atoms with Gasteiger partial charge in [0.25, 0.3) is 0 Å². The predicted molar refractivity (Wildman–Crippen MR) is 229 cm³/mol. The number of hydrogen-bond acceptors (Lipinski definition) is 3. The van der Waals surface area contributed by atoms with E-state index < -0.39 is 0 Å². The minimum absolute atomic E-state index is 0.850. The van der Waals surface area contributed by atoms with E-state index in [9.17, 15) is 0 Å². The molecule has 0 aliphatic heterocycles. The highest BCUT2D eigenvalue weighted by Gasteiger charge is 2.22. The van der Waals surface area contributed by atoms with Crippen LogP contribution in [-0.4, -0.2) is 0 Å². The van der Waals surface area contributed by atoms with Crippen LogP contribution < -0.4 is 4.90 Å². The van der Waals surface area contributed by atoms with Crippen LogP contribution in [0.5, 0.6) is 0 Å². The van der Waals surface area contributed by atoms with E-state index in [1.165, 1.54) is 27.5 Å². The molecular weight excluding hydrogens is 671 g/mol. The number of nitrogens with zero attached hydrogens (tertiary/aromatic N) is 1. The molecule has 0 bridgehead atoms. The number of anilines is 3. The monoisotopic (exact) mass is 703 g/mol. The summed E-state index contributed by atoms with van der Waals surface area (Å²) in [5.41, 5.74) is 13.5. The summed E-state index contributed by atoms with van der Waals surface area (Å²) in [5, 5.41) is 6.91. The molecule has 0 aliphatic rings. The van der Waals surface area contributed by atoms with Gasteiger partial charge in [-0.3, -0.25) is 0 Å². The fraction of sp³-hybridized carbons (Fsp3) is 0. The van der Waals surface area contributed by atoms with Crippen LogP contribution in [0.2, 0.25) is 0 Å². The molecule has 0 N–H and O–H groups in total. The van der Waals surface area contributed by atoms with E-state index in [-0.39, 0.29) is 0 Å². The molecule has 3 nitrogen and oxygen atoms in total. The summed E-state index contributed by atoms with van der Waals surface area (Å²) >= 11 is 0. The van der Waals surface area contributed by atoms with Gasteiger partial charge in [-0.1, -0.05) is 146 Å². The lowest BCUT2D eigenvalue weighted by Gasteiger charge is -2.28. The predicted octanol–water partition coefficient (Wildman–Crippen LogP) is 15.1. The van der Waals surface area contributed by atoms with Crippen molar-refractivity contribution in [1.82, 2.24) is 0 Å². The quantitative estimate of drug-likeness (QED) is 0.173. The van der Waals surface area contributed by atoms with Crippen molar-refractivity contribution in [3.63, 3.8) is 0 Å². The third kappa shape index (κ3) is 5.28. The van der Waals surface area contributed by atoms with Crippen LogP contribution >= 0.6 is 0 Å². The lowest BCUT2D eigenvalue weighted by Crippen LogP contribution is -2.11. The van der Waals surface area contributed by atoms with E-state index >= 15 is 0 Å². The fourth-order valence-corrected chi connectivity index (χ4v) is 8.15. The Morgan fingerprint density at radius 2 is 0.855 bits per heavy atom. The molecule has 0 radical (unpaired) electrons. The standard InChI is InChI=1S/C52H33NO2/c1-2-11-38-32-39(25-24-34(38)10-1)37-22-20-35(21-23-37)36-26-29-41(30-27-36)53(48-17-9-15-45-43-13-4-8-19-50(43)55-52(45)48)47-16-6-3-12-42(47)40-28-31-51-46(33-40)44-14-5-7-18-49(44)54-51/h1-33H. The lowest BCUT2D eigenvalue weighted by molar-refractivity contribution is 0.668. The van der Waals surface area contributed by atoms with Crippen molar-refractivity contribution in [1.29, 1.82) is 0 Å². The zero-order valence-electron chi connectivity index (χ0n) is 29.8. The molecule has 11 aromatic rings. The molecule has 0 aliphatic carbocycles. The molecule has 0 saturated carbocycles. The summed E-state index contributed by atoms with van der Waals surface area (Å²) < 4.78 is 12.9. The lowest BCUT2D eigenvalue weighted by atomic mass is 9.97. The minimum Gasteiger partial charge on any atom is -0.456 e. The number of hydrogen-bond donors (Lipinski definition) is 0. The van der Waals surface area contributed by atoms with E-state index in [0.717, 1.165) is 77.6 Å². The average Bonchev–Trinajstić information content (AvgIpc) is 3.83. The number of para-hydroxylation sites is 4. The summed E-state index contributed by atoms with van der Waals surface area (Å²) in [5.74, 6) is 0. The van der Waals surface area contributed by atoms with Crippen molar-refractivity contribution >= 4 is 71.7 Å². The van der Waals surface area contributed by atoms with Gasteiger partial charge in [-0.2, -0.15) is 0 Å². The zero-order valence-corrected chi connectivity index (χ0v) is 29.8. The molecule has 3 heteroatoms. The van der Waals surface area contributed by atoms with Gasteiger partial charge in [0, 0.05) is 32.8 Å². The second-order valence-electron chi connectivity index (χ2n) is 14.1. The molecule has 0 fully saturated rings. The van der Waals surface area contributed by atoms with Crippen molar-refractivity contribution in [2.75, 3.05) is 4.90 Å². The molecule has 9 aromatic carbocycles. The van der Waals surface area contributed by atoms with E-state index in [2.05, 4.69) is 181 Å². The van der Waals surface area contributed by atoms with Crippen molar-refractivity contribution in [2.45, 2.75) is 0 Å². The number of fused-ring (bicyclic) bond motifs is 7. The normalized spacial score (nSPS) is 11.6. The first-order valence-electron chi connectivity index (χ1n) is 18.7. The second-order valence-corrected chi connectivity index (χ2v) is 14.1. The van der Waals surface area contributed by atoms with Gasteiger partial charge in [-0.05, 0) is 93.2 Å². The average molecular weight is 704 g/mol. The molecule has 0 amide bonds. The molecule has 0 spiro atoms. The van der Waals surface area contributed by atoms with Gasteiger partial charge in [0.05, 0.1) is 11.4 Å². The minimum atomic E-state index is 0.850. The van der Waals surface area contributed by atoms with Gasteiger partial charge in [0.1, 0.15) is 16.7 Å². The van der Waals surface area contributed by atoms with Crippen molar-refractivity contribution in [3.8, 4) is 33.4 Å². The maximum atomic E-state index is 6.66. The number of furan rings is 2. The van der Waals surface area contributed by atoms with E-state index in [4.69, 9.17) is 8.83 Å². The Labute approximate surface area is 317 Å². The first kappa shape index (κ1) is 31.2. The summed E-state index contributed by atoms with van der Waals surface area (Å²) in [7, 11) is 0. The van der Waals surface area contributed by atoms with E-state index in [0.29, 0.717) is 0 Å². The topological polar surface area (TPSA) is 29.5 Å². The van der Waals surface area contributed by atoms with Gasteiger partial charge in [-0.15, -0.1) is 0 Å². The third-order valence-electron chi connectivity index (χ3n) is 10.9.